The van der Waals surface area contributed by atoms with E-state index in [9.17, 15) is 0 Å². The Balaban J connectivity index is 2.45. The molecular formula is C6H12N2S. The summed E-state index contributed by atoms with van der Waals surface area (Å²) in [5.74, 6) is 0.607. The molecule has 52 valence electrons. The molecule has 0 aromatic rings. The van der Waals surface area contributed by atoms with Crippen molar-refractivity contribution in [1.29, 1.82) is 0 Å². The molecule has 0 fully saturated rings. The highest BCUT2D eigenvalue weighted by molar-refractivity contribution is 8.03. The van der Waals surface area contributed by atoms with Crippen molar-refractivity contribution in [3.05, 3.63) is 11.1 Å². The Kier molecular flexibility index (Phi) is 2.03. The summed E-state index contributed by atoms with van der Waals surface area (Å²) in [7, 11) is 0. The molecule has 3 heteroatoms. The van der Waals surface area contributed by atoms with Crippen LogP contribution in [0.15, 0.2) is 11.1 Å². The summed E-state index contributed by atoms with van der Waals surface area (Å²) in [5, 5.41) is 3.03. The number of hydrogen-bond acceptors (Lipinski definition) is 3. The molecule has 2 nitrogen and oxygen atoms in total. The second kappa shape index (κ2) is 2.62. The lowest BCUT2D eigenvalue weighted by Gasteiger charge is -2.04. The van der Waals surface area contributed by atoms with Gasteiger partial charge in [-0.2, -0.15) is 0 Å². The fourth-order valence-electron chi connectivity index (χ4n) is 0.682. The molecular weight excluding hydrogens is 132 g/mol. The lowest BCUT2D eigenvalue weighted by Crippen LogP contribution is -2.25. The summed E-state index contributed by atoms with van der Waals surface area (Å²) in [6, 6.07) is 0. The highest BCUT2D eigenvalue weighted by Gasteiger charge is 2.14. The predicted octanol–water partition coefficient (Wildman–Crippen LogP) is 1.06. The first kappa shape index (κ1) is 6.96. The first-order chi connectivity index (χ1) is 4.20. The van der Waals surface area contributed by atoms with Gasteiger partial charge in [0.25, 0.3) is 0 Å². The zero-order chi connectivity index (χ0) is 6.85. The topological polar surface area (TPSA) is 38.0 Å². The van der Waals surface area contributed by atoms with Gasteiger partial charge >= 0.3 is 0 Å². The zero-order valence-corrected chi connectivity index (χ0v) is 6.53. The number of hydrogen-bond donors (Lipinski definition) is 2. The third-order valence-electron chi connectivity index (χ3n) is 1.22. The van der Waals surface area contributed by atoms with Crippen LogP contribution >= 0.6 is 11.8 Å². The van der Waals surface area contributed by atoms with Crippen LogP contribution in [-0.4, -0.2) is 5.50 Å². The lowest BCUT2D eigenvalue weighted by atomic mass is 10.2. The molecule has 1 atom stereocenters. The maximum absolute atomic E-state index is 5.56. The van der Waals surface area contributed by atoms with Gasteiger partial charge in [0.05, 0.1) is 0 Å². The number of nitrogens with two attached hydrogens (primary N) is 1. The standard InChI is InChI=1S/C6H12N2S/c1-4(2)5-3-8-6(7)9-5/h3-4,6,8H,7H2,1-2H3. The molecule has 0 amide bonds. The Morgan fingerprint density at radius 1 is 1.78 bits per heavy atom. The van der Waals surface area contributed by atoms with E-state index in [0.717, 1.165) is 0 Å². The van der Waals surface area contributed by atoms with Gasteiger partial charge in [0.1, 0.15) is 5.50 Å². The molecule has 0 aliphatic carbocycles. The van der Waals surface area contributed by atoms with Crippen LogP contribution in [0.2, 0.25) is 0 Å². The Morgan fingerprint density at radius 2 is 2.44 bits per heavy atom. The quantitative estimate of drug-likeness (QED) is 0.578. The van der Waals surface area contributed by atoms with Gasteiger partial charge in [-0.25, -0.2) is 0 Å². The molecule has 1 aliphatic rings. The Morgan fingerprint density at radius 3 is 2.67 bits per heavy atom. The second-order valence-corrected chi connectivity index (χ2v) is 3.62. The van der Waals surface area contributed by atoms with Crippen molar-refractivity contribution < 1.29 is 0 Å². The van der Waals surface area contributed by atoms with Crippen molar-refractivity contribution in [3.8, 4) is 0 Å². The minimum atomic E-state index is 0.0856. The molecule has 0 aromatic carbocycles. The van der Waals surface area contributed by atoms with Gasteiger partial charge in [-0.05, 0) is 5.92 Å². The average molecular weight is 144 g/mol. The van der Waals surface area contributed by atoms with E-state index in [-0.39, 0.29) is 5.50 Å². The molecule has 0 spiro atoms. The molecule has 0 radical (unpaired) electrons. The van der Waals surface area contributed by atoms with E-state index in [1.165, 1.54) is 4.91 Å². The smallest absolute Gasteiger partial charge is 0.127 e. The van der Waals surface area contributed by atoms with Gasteiger partial charge in [0.2, 0.25) is 0 Å². The van der Waals surface area contributed by atoms with Crippen LogP contribution in [0.4, 0.5) is 0 Å². The maximum atomic E-state index is 5.56. The Bertz CT molecular complexity index is 131. The highest BCUT2D eigenvalue weighted by atomic mass is 32.2. The van der Waals surface area contributed by atoms with E-state index in [1.54, 1.807) is 11.8 Å². The first-order valence-corrected chi connectivity index (χ1v) is 3.96. The third-order valence-corrected chi connectivity index (χ3v) is 2.47. The van der Waals surface area contributed by atoms with Crippen LogP contribution in [0.1, 0.15) is 13.8 Å². The lowest BCUT2D eigenvalue weighted by molar-refractivity contribution is 0.802. The molecule has 3 N–H and O–H groups in total. The largest absolute Gasteiger partial charge is 0.367 e. The first-order valence-electron chi connectivity index (χ1n) is 3.08. The Labute approximate surface area is 59.9 Å². The summed E-state index contributed by atoms with van der Waals surface area (Å²) in [6.45, 7) is 4.33. The van der Waals surface area contributed by atoms with Crippen LogP contribution in [0.25, 0.3) is 0 Å². The molecule has 1 unspecified atom stereocenters. The van der Waals surface area contributed by atoms with Crippen LogP contribution in [0.3, 0.4) is 0 Å². The molecule has 0 bridgehead atoms. The van der Waals surface area contributed by atoms with Crippen molar-refractivity contribution >= 4 is 11.8 Å². The monoisotopic (exact) mass is 144 g/mol. The van der Waals surface area contributed by atoms with Crippen LogP contribution in [0, 0.1) is 5.92 Å². The molecule has 9 heavy (non-hydrogen) atoms. The maximum Gasteiger partial charge on any atom is 0.127 e. The summed E-state index contributed by atoms with van der Waals surface area (Å²) >= 11 is 1.70. The van der Waals surface area contributed by atoms with Gasteiger partial charge in [-0.15, -0.1) is 0 Å². The van der Waals surface area contributed by atoms with E-state index in [1.807, 2.05) is 6.20 Å². The highest BCUT2D eigenvalue weighted by Crippen LogP contribution is 2.28. The van der Waals surface area contributed by atoms with Gasteiger partial charge in [0, 0.05) is 11.1 Å². The van der Waals surface area contributed by atoms with Crippen molar-refractivity contribution in [2.45, 2.75) is 19.3 Å². The van der Waals surface area contributed by atoms with Crippen molar-refractivity contribution in [2.24, 2.45) is 11.7 Å². The van der Waals surface area contributed by atoms with Gasteiger partial charge in [-0.3, -0.25) is 0 Å². The fourth-order valence-corrected chi connectivity index (χ4v) is 1.52. The molecule has 0 aromatic heterocycles. The van der Waals surface area contributed by atoms with E-state index < -0.39 is 0 Å². The van der Waals surface area contributed by atoms with Crippen molar-refractivity contribution in [2.75, 3.05) is 0 Å². The van der Waals surface area contributed by atoms with Gasteiger partial charge < -0.3 is 11.1 Å². The molecule has 1 aliphatic heterocycles. The summed E-state index contributed by atoms with van der Waals surface area (Å²) in [4.78, 5) is 1.35. The Hall–Kier alpha value is -0.150. The molecule has 1 rings (SSSR count). The van der Waals surface area contributed by atoms with Crippen LogP contribution in [0.5, 0.6) is 0 Å². The summed E-state index contributed by atoms with van der Waals surface area (Å²) in [6.07, 6.45) is 2.00. The van der Waals surface area contributed by atoms with E-state index >= 15 is 0 Å². The third kappa shape index (κ3) is 1.63. The minimum absolute atomic E-state index is 0.0856. The minimum Gasteiger partial charge on any atom is -0.367 e. The van der Waals surface area contributed by atoms with E-state index in [0.29, 0.717) is 5.92 Å². The average Bonchev–Trinajstić information content (AvgIpc) is 2.14. The molecule has 1 heterocycles. The number of thioether (sulfide) groups is 1. The zero-order valence-electron chi connectivity index (χ0n) is 5.72. The molecule has 0 saturated heterocycles. The predicted molar refractivity (Wildman–Crippen MR) is 41.6 cm³/mol. The van der Waals surface area contributed by atoms with Crippen LogP contribution in [-0.2, 0) is 0 Å². The second-order valence-electron chi connectivity index (χ2n) is 2.41. The normalized spacial score (nSPS) is 26.2. The van der Waals surface area contributed by atoms with E-state index in [2.05, 4.69) is 19.2 Å². The molecule has 0 saturated carbocycles. The summed E-state index contributed by atoms with van der Waals surface area (Å²) in [5.41, 5.74) is 5.65. The van der Waals surface area contributed by atoms with Crippen molar-refractivity contribution in [3.63, 3.8) is 0 Å². The summed E-state index contributed by atoms with van der Waals surface area (Å²) < 4.78 is 0. The van der Waals surface area contributed by atoms with Crippen LogP contribution < -0.4 is 11.1 Å². The SMILES string of the molecule is CC(C)C1=CNC(N)S1. The van der Waals surface area contributed by atoms with Gasteiger partial charge in [0.15, 0.2) is 0 Å². The number of allylic oxidation sites excluding steroid dienone is 1. The fraction of sp³-hybridized carbons (Fsp3) is 0.667. The number of nitrogens with one attached hydrogen (secondary N) is 1. The van der Waals surface area contributed by atoms with Gasteiger partial charge in [-0.1, -0.05) is 25.6 Å². The number of rotatable bonds is 1. The van der Waals surface area contributed by atoms with E-state index in [4.69, 9.17) is 5.73 Å². The van der Waals surface area contributed by atoms with Crippen molar-refractivity contribution in [1.82, 2.24) is 5.32 Å².